The first-order valence-corrected chi connectivity index (χ1v) is 3.87. The molecule has 0 aliphatic carbocycles. The topological polar surface area (TPSA) is 41.8 Å². The fourth-order valence-electron chi connectivity index (χ4n) is 1.30. The van der Waals surface area contributed by atoms with Gasteiger partial charge in [0, 0.05) is 6.42 Å². The van der Waals surface area contributed by atoms with Gasteiger partial charge in [0.1, 0.15) is 5.75 Å². The highest BCUT2D eigenvalue weighted by Crippen LogP contribution is 2.24. The maximum atomic E-state index is 8.48. The van der Waals surface area contributed by atoms with E-state index in [0.717, 1.165) is 12.2 Å². The highest BCUT2D eigenvalue weighted by Gasteiger charge is 2.14. The van der Waals surface area contributed by atoms with Gasteiger partial charge in [0.15, 0.2) is 0 Å². The van der Waals surface area contributed by atoms with Gasteiger partial charge in [-0.1, -0.05) is 23.4 Å². The number of para-hydroxylation sites is 1. The third kappa shape index (κ3) is 1.13. The number of ether oxygens (including phenoxy) is 1. The van der Waals surface area contributed by atoms with E-state index < -0.39 is 0 Å². The molecule has 3 nitrogen and oxygen atoms in total. The summed E-state index contributed by atoms with van der Waals surface area (Å²) in [5.74, 6) is 1.20. The Morgan fingerprint density at radius 2 is 2.08 bits per heavy atom. The first kappa shape index (κ1) is 7.16. The number of aryl methyl sites for hydroxylation is 1. The highest BCUT2D eigenvalue weighted by atomic mass is 16.5. The molecule has 62 valence electrons. The number of rotatable bonds is 0. The molecule has 1 aromatic rings. The molecule has 1 aromatic carbocycles. The molecule has 1 aliphatic heterocycles. The van der Waals surface area contributed by atoms with Gasteiger partial charge in [0.25, 0.3) is 0 Å². The van der Waals surface area contributed by atoms with Crippen molar-refractivity contribution in [3.05, 3.63) is 29.8 Å². The summed E-state index contributed by atoms with van der Waals surface area (Å²) in [7, 11) is 0. The number of fused-ring (bicyclic) bond motifs is 1. The zero-order valence-electron chi connectivity index (χ0n) is 6.53. The molecule has 0 fully saturated rings. The number of oxime groups is 1. The summed E-state index contributed by atoms with van der Waals surface area (Å²) in [6.45, 7) is 0. The molecule has 12 heavy (non-hydrogen) atoms. The monoisotopic (exact) mass is 163 g/mol. The molecule has 0 unspecified atom stereocenters. The summed E-state index contributed by atoms with van der Waals surface area (Å²) in [5, 5.41) is 11.5. The molecule has 0 radical (unpaired) electrons. The lowest BCUT2D eigenvalue weighted by Crippen LogP contribution is -2.15. The van der Waals surface area contributed by atoms with Gasteiger partial charge in [-0.05, 0) is 18.1 Å². The molecule has 2 rings (SSSR count). The summed E-state index contributed by atoms with van der Waals surface area (Å²) < 4.78 is 5.28. The van der Waals surface area contributed by atoms with Crippen molar-refractivity contribution < 1.29 is 9.94 Å². The standard InChI is InChI=1S/C9H9NO2/c11-10-9-6-5-7-3-1-2-4-8(7)12-9/h1-4,11H,5-6H2/b10-9+. The van der Waals surface area contributed by atoms with Gasteiger partial charge in [-0.25, -0.2) is 0 Å². The predicted octanol–water partition coefficient (Wildman–Crippen LogP) is 1.80. The van der Waals surface area contributed by atoms with Crippen LogP contribution in [0.2, 0.25) is 0 Å². The summed E-state index contributed by atoms with van der Waals surface area (Å²) in [5.41, 5.74) is 1.17. The lowest BCUT2D eigenvalue weighted by atomic mass is 10.1. The largest absolute Gasteiger partial charge is 0.439 e. The Bertz CT molecular complexity index is 320. The molecule has 0 saturated carbocycles. The lowest BCUT2D eigenvalue weighted by molar-refractivity contribution is 0.298. The minimum Gasteiger partial charge on any atom is -0.439 e. The van der Waals surface area contributed by atoms with Crippen molar-refractivity contribution in [2.24, 2.45) is 5.16 Å². The van der Waals surface area contributed by atoms with Gasteiger partial charge < -0.3 is 9.94 Å². The van der Waals surface area contributed by atoms with Crippen LogP contribution in [0, 0.1) is 0 Å². The Kier molecular flexibility index (Phi) is 1.70. The van der Waals surface area contributed by atoms with Crippen LogP contribution in [0.4, 0.5) is 0 Å². The average molecular weight is 163 g/mol. The van der Waals surface area contributed by atoms with Crippen molar-refractivity contribution in [2.45, 2.75) is 12.8 Å². The number of nitrogens with zero attached hydrogens (tertiary/aromatic N) is 1. The average Bonchev–Trinajstić information content (AvgIpc) is 2.17. The van der Waals surface area contributed by atoms with Gasteiger partial charge >= 0.3 is 0 Å². The third-order valence-corrected chi connectivity index (χ3v) is 1.92. The van der Waals surface area contributed by atoms with E-state index in [1.165, 1.54) is 5.56 Å². The van der Waals surface area contributed by atoms with Crippen molar-refractivity contribution in [1.29, 1.82) is 0 Å². The Morgan fingerprint density at radius 3 is 2.92 bits per heavy atom. The number of hydrogen-bond donors (Lipinski definition) is 1. The molecular formula is C9H9NO2. The molecule has 0 saturated heterocycles. The first-order chi connectivity index (χ1) is 5.90. The molecule has 1 N–H and O–H groups in total. The first-order valence-electron chi connectivity index (χ1n) is 3.87. The maximum absolute atomic E-state index is 8.48. The van der Waals surface area contributed by atoms with E-state index >= 15 is 0 Å². The zero-order valence-corrected chi connectivity index (χ0v) is 6.53. The van der Waals surface area contributed by atoms with Crippen LogP contribution >= 0.6 is 0 Å². The van der Waals surface area contributed by atoms with Gasteiger partial charge in [-0.15, -0.1) is 0 Å². The fraction of sp³-hybridized carbons (Fsp3) is 0.222. The van der Waals surface area contributed by atoms with E-state index in [2.05, 4.69) is 5.16 Å². The molecule has 0 bridgehead atoms. The van der Waals surface area contributed by atoms with Gasteiger partial charge in [-0.3, -0.25) is 0 Å². The molecular weight excluding hydrogens is 154 g/mol. The summed E-state index contributed by atoms with van der Waals surface area (Å²) in [6.07, 6.45) is 1.56. The second kappa shape index (κ2) is 2.85. The minimum atomic E-state index is 0.397. The van der Waals surface area contributed by atoms with Crippen LogP contribution in [0.5, 0.6) is 5.75 Å². The number of hydrogen-bond acceptors (Lipinski definition) is 3. The van der Waals surface area contributed by atoms with Crippen molar-refractivity contribution in [3.8, 4) is 5.75 Å². The van der Waals surface area contributed by atoms with Crippen LogP contribution in [0.15, 0.2) is 29.4 Å². The second-order valence-corrected chi connectivity index (χ2v) is 2.70. The normalized spacial score (nSPS) is 18.5. The van der Waals surface area contributed by atoms with Gasteiger partial charge in [0.05, 0.1) is 0 Å². The summed E-state index contributed by atoms with van der Waals surface area (Å²) in [4.78, 5) is 0. The van der Waals surface area contributed by atoms with Gasteiger partial charge in [-0.2, -0.15) is 0 Å². The maximum Gasteiger partial charge on any atom is 0.231 e. The molecule has 0 spiro atoms. The van der Waals surface area contributed by atoms with E-state index in [-0.39, 0.29) is 0 Å². The lowest BCUT2D eigenvalue weighted by Gasteiger charge is -2.16. The molecule has 1 aliphatic rings. The highest BCUT2D eigenvalue weighted by molar-refractivity contribution is 5.80. The molecule has 0 amide bonds. The van der Waals surface area contributed by atoms with Crippen LogP contribution < -0.4 is 4.74 Å². The van der Waals surface area contributed by atoms with Crippen LogP contribution in [0.3, 0.4) is 0 Å². The fourth-order valence-corrected chi connectivity index (χ4v) is 1.30. The molecule has 3 heteroatoms. The molecule has 0 aromatic heterocycles. The van der Waals surface area contributed by atoms with Crippen molar-refractivity contribution >= 4 is 5.90 Å². The van der Waals surface area contributed by atoms with Crippen LogP contribution in [-0.2, 0) is 6.42 Å². The SMILES string of the molecule is O/N=C1\CCc2ccccc2O1. The van der Waals surface area contributed by atoms with Crippen LogP contribution in [0.25, 0.3) is 0 Å². The zero-order chi connectivity index (χ0) is 8.39. The Balaban J connectivity index is 2.35. The summed E-state index contributed by atoms with van der Waals surface area (Å²) >= 11 is 0. The van der Waals surface area contributed by atoms with E-state index in [0.29, 0.717) is 12.3 Å². The van der Waals surface area contributed by atoms with E-state index in [9.17, 15) is 0 Å². The molecule has 0 atom stereocenters. The quantitative estimate of drug-likeness (QED) is 0.468. The van der Waals surface area contributed by atoms with E-state index in [1.54, 1.807) is 0 Å². The summed E-state index contributed by atoms with van der Waals surface area (Å²) in [6, 6.07) is 7.77. The second-order valence-electron chi connectivity index (χ2n) is 2.70. The van der Waals surface area contributed by atoms with Crippen LogP contribution in [0.1, 0.15) is 12.0 Å². The Morgan fingerprint density at radius 1 is 1.25 bits per heavy atom. The van der Waals surface area contributed by atoms with E-state index in [4.69, 9.17) is 9.94 Å². The smallest absolute Gasteiger partial charge is 0.231 e. The Labute approximate surface area is 70.3 Å². The third-order valence-electron chi connectivity index (χ3n) is 1.92. The predicted molar refractivity (Wildman–Crippen MR) is 44.6 cm³/mol. The number of benzene rings is 1. The van der Waals surface area contributed by atoms with Gasteiger partial charge in [0.2, 0.25) is 5.90 Å². The van der Waals surface area contributed by atoms with Crippen LogP contribution in [-0.4, -0.2) is 11.1 Å². The van der Waals surface area contributed by atoms with Crippen molar-refractivity contribution in [1.82, 2.24) is 0 Å². The van der Waals surface area contributed by atoms with E-state index in [1.807, 2.05) is 24.3 Å². The minimum absolute atomic E-state index is 0.397. The van der Waals surface area contributed by atoms with Crippen molar-refractivity contribution in [3.63, 3.8) is 0 Å². The molecule has 1 heterocycles. The van der Waals surface area contributed by atoms with Crippen molar-refractivity contribution in [2.75, 3.05) is 0 Å². The Hall–Kier alpha value is -1.51.